The van der Waals surface area contributed by atoms with Gasteiger partial charge in [0.15, 0.2) is 5.78 Å². The average molecular weight is 328 g/mol. The molecule has 1 heterocycles. The van der Waals surface area contributed by atoms with Crippen molar-refractivity contribution in [2.24, 2.45) is 0 Å². The fourth-order valence-corrected chi connectivity index (χ4v) is 2.09. The molecule has 0 aliphatic carbocycles. The predicted molar refractivity (Wildman–Crippen MR) is 85.9 cm³/mol. The lowest BCUT2D eigenvalue weighted by Crippen LogP contribution is -2.41. The summed E-state index contributed by atoms with van der Waals surface area (Å²) in [4.78, 5) is 40.0. The lowest BCUT2D eigenvalue weighted by Gasteiger charge is -2.23. The van der Waals surface area contributed by atoms with Crippen LogP contribution in [0, 0.1) is 0 Å². The summed E-state index contributed by atoms with van der Waals surface area (Å²) in [7, 11) is 4.79. The summed E-state index contributed by atoms with van der Waals surface area (Å²) < 4.78 is 11.1. The van der Waals surface area contributed by atoms with Crippen molar-refractivity contribution in [3.63, 3.8) is 0 Å². The van der Waals surface area contributed by atoms with Crippen molar-refractivity contribution >= 4 is 11.6 Å². The Labute approximate surface area is 134 Å². The first-order valence-electron chi connectivity index (χ1n) is 7.17. The monoisotopic (exact) mass is 328 g/mol. The van der Waals surface area contributed by atoms with Gasteiger partial charge in [-0.15, -0.1) is 0 Å². The minimum Gasteiger partial charge on any atom is -0.384 e. The Morgan fingerprint density at radius 3 is 2.57 bits per heavy atom. The van der Waals surface area contributed by atoms with Crippen LogP contribution in [0.4, 0.5) is 5.82 Å². The van der Waals surface area contributed by atoms with Crippen molar-refractivity contribution in [3.8, 4) is 0 Å². The molecule has 130 valence electrons. The maximum Gasteiger partial charge on any atom is 0.330 e. The lowest BCUT2D eigenvalue weighted by atomic mass is 10.1. The number of ketones is 1. The molecule has 0 radical (unpaired) electrons. The number of methoxy groups -OCH3 is 2. The molecule has 9 nitrogen and oxygen atoms in total. The highest BCUT2D eigenvalue weighted by atomic mass is 16.5. The number of hydrogen-bond donors (Lipinski definition) is 2. The Balaban J connectivity index is 3.09. The van der Waals surface area contributed by atoms with Gasteiger partial charge in [-0.25, -0.2) is 4.79 Å². The summed E-state index contributed by atoms with van der Waals surface area (Å²) >= 11 is 0. The van der Waals surface area contributed by atoms with E-state index in [0.29, 0.717) is 6.61 Å². The van der Waals surface area contributed by atoms with E-state index in [1.54, 1.807) is 19.1 Å². The topological polar surface area (TPSA) is 120 Å². The van der Waals surface area contributed by atoms with Gasteiger partial charge < -0.3 is 15.2 Å². The van der Waals surface area contributed by atoms with Gasteiger partial charge in [0.1, 0.15) is 11.4 Å². The van der Waals surface area contributed by atoms with E-state index >= 15 is 0 Å². The number of Topliss-reactive ketones (excluding diaryl/α,β-unsaturated/α-hetero) is 1. The van der Waals surface area contributed by atoms with Gasteiger partial charge in [0, 0.05) is 20.3 Å². The van der Waals surface area contributed by atoms with E-state index in [4.69, 9.17) is 15.2 Å². The number of hydrogen-bond acceptors (Lipinski definition) is 7. The predicted octanol–water partition coefficient (Wildman–Crippen LogP) is -1.09. The first kappa shape index (κ1) is 19.1. The summed E-state index contributed by atoms with van der Waals surface area (Å²) in [5, 5.41) is 0. The maximum atomic E-state index is 12.4. The molecule has 1 atom stereocenters. The maximum absolute atomic E-state index is 12.4. The highest BCUT2D eigenvalue weighted by molar-refractivity contribution is 6.01. The zero-order valence-electron chi connectivity index (χ0n) is 13.9. The van der Waals surface area contributed by atoms with E-state index in [-0.39, 0.29) is 37.1 Å². The average Bonchev–Trinajstić information content (AvgIpc) is 2.46. The molecule has 0 bridgehead atoms. The molecular formula is C14H24N4O5. The number of nitrogen functional groups attached to an aromatic ring is 1. The quantitative estimate of drug-likeness (QED) is 0.553. The van der Waals surface area contributed by atoms with Gasteiger partial charge >= 0.3 is 5.69 Å². The van der Waals surface area contributed by atoms with E-state index in [1.165, 1.54) is 7.11 Å². The molecule has 0 spiro atoms. The third-order valence-corrected chi connectivity index (χ3v) is 3.59. The number of carbonyl (C=O) groups excluding carboxylic acids is 1. The molecule has 0 saturated carbocycles. The van der Waals surface area contributed by atoms with Crippen LogP contribution < -0.4 is 17.0 Å². The van der Waals surface area contributed by atoms with Crippen LogP contribution in [0.5, 0.6) is 0 Å². The third-order valence-electron chi connectivity index (χ3n) is 3.59. The van der Waals surface area contributed by atoms with E-state index in [9.17, 15) is 14.4 Å². The number of rotatable bonds is 9. The number of aromatic nitrogens is 2. The number of anilines is 1. The standard InChI is InChI=1S/C14H24N4O5/c1-9(8-23-4)17(2)7-10(19)11-12(15)18(5-6-22-3)14(21)16-13(11)20/h9H,5-8,15H2,1-4H3,(H,16,20,21)/t9-/m1/s1. The molecule has 9 heteroatoms. The largest absolute Gasteiger partial charge is 0.384 e. The summed E-state index contributed by atoms with van der Waals surface area (Å²) in [5.41, 5.74) is 4.21. The number of nitrogens with two attached hydrogens (primary N) is 1. The van der Waals surface area contributed by atoms with Gasteiger partial charge in [0.05, 0.1) is 26.3 Å². The number of carbonyl (C=O) groups is 1. The zero-order chi connectivity index (χ0) is 17.6. The van der Waals surface area contributed by atoms with Crippen LogP contribution in [0.1, 0.15) is 17.3 Å². The number of nitrogens with zero attached hydrogens (tertiary/aromatic N) is 2. The molecular weight excluding hydrogens is 304 g/mol. The Kier molecular flexibility index (Phi) is 7.14. The van der Waals surface area contributed by atoms with Crippen molar-refractivity contribution in [2.45, 2.75) is 19.5 Å². The normalized spacial score (nSPS) is 12.6. The molecule has 1 aromatic heterocycles. The fraction of sp³-hybridized carbons (Fsp3) is 0.643. The molecule has 3 N–H and O–H groups in total. The first-order valence-corrected chi connectivity index (χ1v) is 7.17. The third kappa shape index (κ3) is 4.75. The zero-order valence-corrected chi connectivity index (χ0v) is 13.9. The molecule has 0 unspecified atom stereocenters. The number of H-pyrrole nitrogens is 1. The van der Waals surface area contributed by atoms with E-state index in [1.807, 2.05) is 6.92 Å². The SMILES string of the molecule is COCCn1c(N)c(C(=O)CN(C)[C@H](C)COC)c(=O)[nH]c1=O. The van der Waals surface area contributed by atoms with Crippen LogP contribution in [0.15, 0.2) is 9.59 Å². The van der Waals surface area contributed by atoms with Crippen LogP contribution >= 0.6 is 0 Å². The van der Waals surface area contributed by atoms with Crippen molar-refractivity contribution in [2.75, 3.05) is 46.8 Å². The van der Waals surface area contributed by atoms with Crippen LogP contribution in [-0.2, 0) is 16.0 Å². The van der Waals surface area contributed by atoms with Gasteiger partial charge in [0.25, 0.3) is 5.56 Å². The van der Waals surface area contributed by atoms with Crippen LogP contribution in [0.2, 0.25) is 0 Å². The summed E-state index contributed by atoms with van der Waals surface area (Å²) in [6.45, 7) is 2.70. The fourth-order valence-electron chi connectivity index (χ4n) is 2.09. The van der Waals surface area contributed by atoms with E-state index < -0.39 is 17.0 Å². The number of aromatic amines is 1. The van der Waals surface area contributed by atoms with Crippen LogP contribution in [-0.4, -0.2) is 67.3 Å². The Hall–Kier alpha value is -1.97. The van der Waals surface area contributed by atoms with Crippen molar-refractivity contribution in [1.29, 1.82) is 0 Å². The lowest BCUT2D eigenvalue weighted by molar-refractivity contribution is 0.0840. The first-order chi connectivity index (χ1) is 10.8. The van der Waals surface area contributed by atoms with Crippen molar-refractivity contribution < 1.29 is 14.3 Å². The van der Waals surface area contributed by atoms with Gasteiger partial charge in [0.2, 0.25) is 0 Å². The van der Waals surface area contributed by atoms with Crippen LogP contribution in [0.3, 0.4) is 0 Å². The van der Waals surface area contributed by atoms with Crippen molar-refractivity contribution in [3.05, 3.63) is 26.4 Å². The molecule has 0 aliphatic rings. The molecule has 0 saturated heterocycles. The van der Waals surface area contributed by atoms with Gasteiger partial charge in [-0.3, -0.25) is 24.0 Å². The molecule has 0 aromatic carbocycles. The number of nitrogens with one attached hydrogen (secondary N) is 1. The number of likely N-dealkylation sites (N-methyl/N-ethyl adjacent to an activating group) is 1. The second kappa shape index (κ2) is 8.61. The molecule has 0 fully saturated rings. The van der Waals surface area contributed by atoms with Gasteiger partial charge in [-0.2, -0.15) is 0 Å². The van der Waals surface area contributed by atoms with Crippen LogP contribution in [0.25, 0.3) is 0 Å². The second-order valence-corrected chi connectivity index (χ2v) is 5.31. The number of ether oxygens (including phenoxy) is 2. The van der Waals surface area contributed by atoms with E-state index in [2.05, 4.69) is 4.98 Å². The minimum absolute atomic E-state index is 0.0105. The smallest absolute Gasteiger partial charge is 0.330 e. The molecule has 1 rings (SSSR count). The van der Waals surface area contributed by atoms with Crippen molar-refractivity contribution in [1.82, 2.24) is 14.5 Å². The summed E-state index contributed by atoms with van der Waals surface area (Å²) in [6.07, 6.45) is 0. The Morgan fingerprint density at radius 2 is 2.00 bits per heavy atom. The summed E-state index contributed by atoms with van der Waals surface area (Å²) in [5.74, 6) is -0.603. The Bertz CT molecular complexity index is 652. The molecule has 0 amide bonds. The second-order valence-electron chi connectivity index (χ2n) is 5.31. The Morgan fingerprint density at radius 1 is 1.35 bits per heavy atom. The molecule has 23 heavy (non-hydrogen) atoms. The van der Waals surface area contributed by atoms with Gasteiger partial charge in [-0.1, -0.05) is 0 Å². The minimum atomic E-state index is -0.779. The highest BCUT2D eigenvalue weighted by Gasteiger charge is 2.22. The molecule has 0 aliphatic heterocycles. The van der Waals surface area contributed by atoms with Gasteiger partial charge in [-0.05, 0) is 14.0 Å². The molecule has 1 aromatic rings. The highest BCUT2D eigenvalue weighted by Crippen LogP contribution is 2.07. The summed E-state index contributed by atoms with van der Waals surface area (Å²) in [6, 6.07) is -0.0105. The van der Waals surface area contributed by atoms with E-state index in [0.717, 1.165) is 4.57 Å².